The molecule has 0 bridgehead atoms. The molecule has 2 aromatic rings. The lowest BCUT2D eigenvalue weighted by Crippen LogP contribution is -2.35. The number of fused-ring (bicyclic) bond motifs is 1. The van der Waals surface area contributed by atoms with Crippen LogP contribution in [0.4, 0.5) is 0 Å². The molecule has 1 amide bonds. The maximum Gasteiger partial charge on any atom is 0.272 e. The maximum absolute atomic E-state index is 12.8. The lowest BCUT2D eigenvalue weighted by atomic mass is 10.1. The molecule has 6 nitrogen and oxygen atoms in total. The Kier molecular flexibility index (Phi) is 4.30. The molecule has 2 aliphatic rings. The standard InChI is InChI=1S/C18H22N4O2/c23-18(17-3-1-2-7-19-17)21-9-15(13-24-12-14-4-5-14)10-22-16(11-21)6-8-20-22/h1-3,6-8,14-15H,4-5,9-13H2/t15-/m1/s1. The Hall–Kier alpha value is -2.21. The van der Waals surface area contributed by atoms with E-state index in [1.54, 1.807) is 18.5 Å². The minimum atomic E-state index is -0.0301. The van der Waals surface area contributed by atoms with Crippen molar-refractivity contribution in [1.82, 2.24) is 19.7 Å². The quantitative estimate of drug-likeness (QED) is 0.843. The van der Waals surface area contributed by atoms with E-state index < -0.39 is 0 Å². The van der Waals surface area contributed by atoms with Crippen LogP contribution < -0.4 is 0 Å². The molecule has 0 spiro atoms. The third-order valence-corrected chi connectivity index (χ3v) is 4.64. The first-order chi connectivity index (χ1) is 11.8. The average Bonchev–Trinajstić information content (AvgIpc) is 3.37. The number of rotatable bonds is 5. The number of carbonyl (C=O) groups is 1. The summed E-state index contributed by atoms with van der Waals surface area (Å²) in [6.45, 7) is 3.54. The van der Waals surface area contributed by atoms with E-state index in [4.69, 9.17) is 4.74 Å². The number of hydrogen-bond donors (Lipinski definition) is 0. The fraction of sp³-hybridized carbons (Fsp3) is 0.500. The van der Waals surface area contributed by atoms with Gasteiger partial charge >= 0.3 is 0 Å². The second-order valence-corrected chi connectivity index (χ2v) is 6.75. The fourth-order valence-corrected chi connectivity index (χ4v) is 3.13. The van der Waals surface area contributed by atoms with Gasteiger partial charge in [-0.25, -0.2) is 0 Å². The topological polar surface area (TPSA) is 60.2 Å². The molecule has 0 radical (unpaired) electrons. The van der Waals surface area contributed by atoms with Gasteiger partial charge in [-0.1, -0.05) is 6.07 Å². The predicted molar refractivity (Wildman–Crippen MR) is 88.2 cm³/mol. The van der Waals surface area contributed by atoms with Gasteiger partial charge in [-0.2, -0.15) is 5.10 Å². The number of pyridine rings is 1. The SMILES string of the molecule is O=C(c1ccccn1)N1Cc2ccnn2C[C@H](COCC2CC2)C1. The molecule has 2 aromatic heterocycles. The summed E-state index contributed by atoms with van der Waals surface area (Å²) in [4.78, 5) is 18.9. The third-order valence-electron chi connectivity index (χ3n) is 4.64. The van der Waals surface area contributed by atoms with E-state index in [0.29, 0.717) is 25.4 Å². The first kappa shape index (κ1) is 15.3. The molecule has 1 aliphatic carbocycles. The number of ether oxygens (including phenoxy) is 1. The Labute approximate surface area is 141 Å². The summed E-state index contributed by atoms with van der Waals surface area (Å²) >= 11 is 0. The number of hydrogen-bond acceptors (Lipinski definition) is 4. The largest absolute Gasteiger partial charge is 0.381 e. The van der Waals surface area contributed by atoms with Crippen LogP contribution in [0, 0.1) is 11.8 Å². The minimum Gasteiger partial charge on any atom is -0.381 e. The van der Waals surface area contributed by atoms with Gasteiger partial charge in [0.1, 0.15) is 5.69 Å². The Morgan fingerprint density at radius 1 is 1.12 bits per heavy atom. The van der Waals surface area contributed by atoms with E-state index >= 15 is 0 Å². The van der Waals surface area contributed by atoms with Gasteiger partial charge in [-0.15, -0.1) is 0 Å². The molecule has 0 N–H and O–H groups in total. The van der Waals surface area contributed by atoms with Crippen LogP contribution in [0.1, 0.15) is 29.0 Å². The summed E-state index contributed by atoms with van der Waals surface area (Å²) in [7, 11) is 0. The highest BCUT2D eigenvalue weighted by molar-refractivity contribution is 5.92. The Bertz CT molecular complexity index is 696. The highest BCUT2D eigenvalue weighted by Gasteiger charge is 2.28. The molecule has 6 heteroatoms. The van der Waals surface area contributed by atoms with Crippen LogP contribution in [-0.2, 0) is 17.8 Å². The Morgan fingerprint density at radius 2 is 2.00 bits per heavy atom. The summed E-state index contributed by atoms with van der Waals surface area (Å²) in [5, 5.41) is 4.40. The van der Waals surface area contributed by atoms with E-state index in [-0.39, 0.29) is 11.8 Å². The molecule has 0 aromatic carbocycles. The van der Waals surface area contributed by atoms with Crippen LogP contribution in [0.15, 0.2) is 36.7 Å². The highest BCUT2D eigenvalue weighted by atomic mass is 16.5. The molecular formula is C18H22N4O2. The third kappa shape index (κ3) is 3.48. The number of carbonyl (C=O) groups excluding carboxylic acids is 1. The van der Waals surface area contributed by atoms with Crippen molar-refractivity contribution in [2.75, 3.05) is 19.8 Å². The normalized spacial score (nSPS) is 20.5. The van der Waals surface area contributed by atoms with E-state index in [1.165, 1.54) is 12.8 Å². The van der Waals surface area contributed by atoms with Crippen molar-refractivity contribution < 1.29 is 9.53 Å². The molecule has 24 heavy (non-hydrogen) atoms. The van der Waals surface area contributed by atoms with Crippen LogP contribution in [0.3, 0.4) is 0 Å². The van der Waals surface area contributed by atoms with Crippen LogP contribution in [-0.4, -0.2) is 45.3 Å². The van der Waals surface area contributed by atoms with Gasteiger partial charge in [0.25, 0.3) is 5.91 Å². The monoisotopic (exact) mass is 326 g/mol. The molecule has 1 saturated carbocycles. The van der Waals surface area contributed by atoms with Gasteiger partial charge < -0.3 is 9.64 Å². The zero-order valence-electron chi connectivity index (χ0n) is 13.7. The molecule has 1 atom stereocenters. The van der Waals surface area contributed by atoms with Gasteiger partial charge in [-0.3, -0.25) is 14.5 Å². The van der Waals surface area contributed by atoms with Crippen molar-refractivity contribution in [3.63, 3.8) is 0 Å². The molecular weight excluding hydrogens is 304 g/mol. The van der Waals surface area contributed by atoms with Gasteiger partial charge in [0.2, 0.25) is 0 Å². The van der Waals surface area contributed by atoms with Crippen LogP contribution in [0.2, 0.25) is 0 Å². The summed E-state index contributed by atoms with van der Waals surface area (Å²) in [6, 6.07) is 7.41. The van der Waals surface area contributed by atoms with Crippen molar-refractivity contribution >= 4 is 5.91 Å². The summed E-state index contributed by atoms with van der Waals surface area (Å²) < 4.78 is 7.88. The Balaban J connectivity index is 1.49. The predicted octanol–water partition coefficient (Wildman–Crippen LogP) is 1.98. The molecule has 3 heterocycles. The van der Waals surface area contributed by atoms with Crippen LogP contribution in [0.5, 0.6) is 0 Å². The highest BCUT2D eigenvalue weighted by Crippen LogP contribution is 2.29. The molecule has 126 valence electrons. The minimum absolute atomic E-state index is 0.0301. The van der Waals surface area contributed by atoms with Gasteiger partial charge in [0.05, 0.1) is 18.8 Å². The molecule has 0 unspecified atom stereocenters. The molecule has 1 aliphatic heterocycles. The van der Waals surface area contributed by atoms with Crippen LogP contribution >= 0.6 is 0 Å². The summed E-state index contributed by atoms with van der Waals surface area (Å²) in [5.41, 5.74) is 1.55. The van der Waals surface area contributed by atoms with Crippen molar-refractivity contribution in [3.8, 4) is 0 Å². The average molecular weight is 326 g/mol. The molecule has 0 saturated heterocycles. The van der Waals surface area contributed by atoms with Crippen molar-refractivity contribution in [2.24, 2.45) is 11.8 Å². The van der Waals surface area contributed by atoms with Crippen molar-refractivity contribution in [1.29, 1.82) is 0 Å². The number of amides is 1. The van der Waals surface area contributed by atoms with E-state index in [9.17, 15) is 4.79 Å². The molecule has 4 rings (SSSR count). The van der Waals surface area contributed by atoms with Crippen molar-refractivity contribution in [3.05, 3.63) is 48.0 Å². The summed E-state index contributed by atoms with van der Waals surface area (Å²) in [6.07, 6.45) is 6.04. The second-order valence-electron chi connectivity index (χ2n) is 6.75. The van der Waals surface area contributed by atoms with Crippen LogP contribution in [0.25, 0.3) is 0 Å². The summed E-state index contributed by atoms with van der Waals surface area (Å²) in [5.74, 6) is 0.970. The lowest BCUT2D eigenvalue weighted by molar-refractivity contribution is 0.0564. The lowest BCUT2D eigenvalue weighted by Gasteiger charge is -2.23. The van der Waals surface area contributed by atoms with E-state index in [2.05, 4.69) is 10.1 Å². The zero-order valence-corrected chi connectivity index (χ0v) is 13.7. The van der Waals surface area contributed by atoms with E-state index in [1.807, 2.05) is 27.8 Å². The van der Waals surface area contributed by atoms with Gasteiger partial charge in [0.15, 0.2) is 0 Å². The maximum atomic E-state index is 12.8. The first-order valence-corrected chi connectivity index (χ1v) is 8.58. The smallest absolute Gasteiger partial charge is 0.272 e. The number of nitrogens with zero attached hydrogens (tertiary/aromatic N) is 4. The van der Waals surface area contributed by atoms with Gasteiger partial charge in [0, 0.05) is 38.0 Å². The molecule has 1 fully saturated rings. The number of aromatic nitrogens is 3. The first-order valence-electron chi connectivity index (χ1n) is 8.58. The van der Waals surface area contributed by atoms with Gasteiger partial charge in [-0.05, 0) is 37.0 Å². The zero-order chi connectivity index (χ0) is 16.4. The Morgan fingerprint density at radius 3 is 2.79 bits per heavy atom. The second kappa shape index (κ2) is 6.73. The van der Waals surface area contributed by atoms with E-state index in [0.717, 1.165) is 24.8 Å². The van der Waals surface area contributed by atoms with Crippen molar-refractivity contribution in [2.45, 2.75) is 25.9 Å². The fourth-order valence-electron chi connectivity index (χ4n) is 3.13.